The molecule has 4 rings (SSSR count). The second-order valence-corrected chi connectivity index (χ2v) is 7.13. The van der Waals surface area contributed by atoms with Crippen LogP contribution in [0.25, 0.3) is 11.0 Å². The van der Waals surface area contributed by atoms with Crippen LogP contribution in [-0.4, -0.2) is 25.0 Å². The molecular formula is C26H24N2O5. The summed E-state index contributed by atoms with van der Waals surface area (Å²) in [5.74, 6) is 0.572. The number of carbonyl (C=O) groups is 2. The quantitative estimate of drug-likeness (QED) is 0.362. The number of furan rings is 1. The van der Waals surface area contributed by atoms with E-state index in [1.165, 1.54) is 0 Å². The molecule has 2 N–H and O–H groups in total. The van der Waals surface area contributed by atoms with Gasteiger partial charge in [-0.3, -0.25) is 9.59 Å². The number of carbonyl (C=O) groups excluding carboxylic acids is 2. The molecule has 0 atom stereocenters. The third-order valence-electron chi connectivity index (χ3n) is 4.89. The topological polar surface area (TPSA) is 89.8 Å². The smallest absolute Gasteiger partial charge is 0.293 e. The molecule has 0 saturated carbocycles. The van der Waals surface area contributed by atoms with Crippen molar-refractivity contribution in [3.63, 3.8) is 0 Å². The van der Waals surface area contributed by atoms with Gasteiger partial charge in [-0.1, -0.05) is 12.1 Å². The first-order chi connectivity index (χ1) is 16.1. The number of nitrogens with one attached hydrogen (secondary N) is 2. The third kappa shape index (κ3) is 4.98. The molecule has 0 fully saturated rings. The molecule has 2 amide bonds. The Hall–Kier alpha value is -4.26. The Morgan fingerprint density at radius 1 is 0.758 bits per heavy atom. The third-order valence-corrected chi connectivity index (χ3v) is 4.89. The molecule has 4 aromatic rings. The predicted octanol–water partition coefficient (Wildman–Crippen LogP) is 5.73. The van der Waals surface area contributed by atoms with Crippen LogP contribution in [-0.2, 0) is 0 Å². The van der Waals surface area contributed by atoms with E-state index in [0.717, 1.165) is 0 Å². The van der Waals surface area contributed by atoms with Gasteiger partial charge in [-0.15, -0.1) is 0 Å². The molecule has 0 aliphatic rings. The monoisotopic (exact) mass is 444 g/mol. The van der Waals surface area contributed by atoms with Gasteiger partial charge in [0.05, 0.1) is 13.2 Å². The molecule has 1 heterocycles. The average molecular weight is 444 g/mol. The van der Waals surface area contributed by atoms with Crippen LogP contribution in [0.2, 0.25) is 0 Å². The second kappa shape index (κ2) is 9.91. The number of ether oxygens (including phenoxy) is 2. The number of rotatable bonds is 8. The average Bonchev–Trinajstić information content (AvgIpc) is 3.20. The normalized spacial score (nSPS) is 10.6. The van der Waals surface area contributed by atoms with Crippen molar-refractivity contribution in [1.29, 1.82) is 0 Å². The van der Waals surface area contributed by atoms with Crippen molar-refractivity contribution < 1.29 is 23.5 Å². The van der Waals surface area contributed by atoms with Crippen LogP contribution in [0.3, 0.4) is 0 Å². The van der Waals surface area contributed by atoms with Crippen molar-refractivity contribution in [3.8, 4) is 11.5 Å². The van der Waals surface area contributed by atoms with Crippen molar-refractivity contribution in [1.82, 2.24) is 0 Å². The van der Waals surface area contributed by atoms with E-state index in [2.05, 4.69) is 10.6 Å². The number of hydrogen-bond donors (Lipinski definition) is 2. The summed E-state index contributed by atoms with van der Waals surface area (Å²) in [4.78, 5) is 26.0. The molecule has 0 spiro atoms. The highest BCUT2D eigenvalue weighted by atomic mass is 16.5. The van der Waals surface area contributed by atoms with Crippen LogP contribution in [0, 0.1) is 0 Å². The molecule has 0 aliphatic heterocycles. The first-order valence-corrected chi connectivity index (χ1v) is 10.7. The van der Waals surface area contributed by atoms with E-state index >= 15 is 0 Å². The number of anilines is 2. The summed E-state index contributed by atoms with van der Waals surface area (Å²) in [6, 6.07) is 21.0. The summed E-state index contributed by atoms with van der Waals surface area (Å²) in [5, 5.41) is 6.28. The number of benzene rings is 3. The molecule has 0 saturated heterocycles. The van der Waals surface area contributed by atoms with Gasteiger partial charge in [0.15, 0.2) is 0 Å². The van der Waals surface area contributed by atoms with Crippen molar-refractivity contribution in [2.45, 2.75) is 13.8 Å². The predicted molar refractivity (Wildman–Crippen MR) is 127 cm³/mol. The first kappa shape index (κ1) is 22.0. The summed E-state index contributed by atoms with van der Waals surface area (Å²) < 4.78 is 16.7. The van der Waals surface area contributed by atoms with Crippen LogP contribution >= 0.6 is 0 Å². The fourth-order valence-electron chi connectivity index (χ4n) is 3.37. The highest BCUT2D eigenvalue weighted by Gasteiger charge is 2.23. The number of para-hydroxylation sites is 1. The molecular weight excluding hydrogens is 420 g/mol. The summed E-state index contributed by atoms with van der Waals surface area (Å²) in [7, 11) is 0. The van der Waals surface area contributed by atoms with Gasteiger partial charge in [-0.25, -0.2) is 0 Å². The van der Waals surface area contributed by atoms with Gasteiger partial charge in [-0.05, 0) is 74.5 Å². The number of amides is 2. The summed E-state index contributed by atoms with van der Waals surface area (Å²) >= 11 is 0. The van der Waals surface area contributed by atoms with E-state index in [0.29, 0.717) is 52.6 Å². The summed E-state index contributed by atoms with van der Waals surface area (Å²) in [6.45, 7) is 4.90. The van der Waals surface area contributed by atoms with Crippen LogP contribution < -0.4 is 20.1 Å². The molecule has 0 aliphatic carbocycles. The zero-order chi connectivity index (χ0) is 23.2. The maximum Gasteiger partial charge on any atom is 0.293 e. The fraction of sp³-hybridized carbons (Fsp3) is 0.154. The largest absolute Gasteiger partial charge is 0.494 e. The molecule has 0 bridgehead atoms. The molecule has 3 aromatic carbocycles. The van der Waals surface area contributed by atoms with Gasteiger partial charge in [0.2, 0.25) is 5.76 Å². The number of hydrogen-bond acceptors (Lipinski definition) is 5. The van der Waals surface area contributed by atoms with Crippen LogP contribution in [0.5, 0.6) is 11.5 Å². The fourth-order valence-corrected chi connectivity index (χ4v) is 3.37. The molecule has 0 unspecified atom stereocenters. The van der Waals surface area contributed by atoms with Crippen molar-refractivity contribution >= 4 is 34.2 Å². The van der Waals surface area contributed by atoms with Crippen molar-refractivity contribution in [2.75, 3.05) is 23.8 Å². The lowest BCUT2D eigenvalue weighted by Gasteiger charge is -2.09. The first-order valence-electron chi connectivity index (χ1n) is 10.7. The Morgan fingerprint density at radius 3 is 2.00 bits per heavy atom. The Balaban J connectivity index is 1.59. The van der Waals surface area contributed by atoms with Gasteiger partial charge in [0.25, 0.3) is 11.8 Å². The molecule has 7 nitrogen and oxygen atoms in total. The molecule has 168 valence electrons. The maximum atomic E-state index is 13.0. The van der Waals surface area contributed by atoms with Crippen LogP contribution in [0.15, 0.2) is 77.2 Å². The van der Waals surface area contributed by atoms with Gasteiger partial charge in [-0.2, -0.15) is 0 Å². The van der Waals surface area contributed by atoms with Gasteiger partial charge in [0, 0.05) is 16.6 Å². The van der Waals surface area contributed by atoms with Gasteiger partial charge >= 0.3 is 0 Å². The lowest BCUT2D eigenvalue weighted by atomic mass is 10.1. The van der Waals surface area contributed by atoms with E-state index in [1.807, 2.05) is 19.9 Å². The SMILES string of the molecule is CCOc1ccc(NC(=O)c2oc3ccccc3c2NC(=O)c2ccc(OCC)cc2)cc1. The lowest BCUT2D eigenvalue weighted by Crippen LogP contribution is -2.17. The highest BCUT2D eigenvalue weighted by molar-refractivity contribution is 6.16. The second-order valence-electron chi connectivity index (χ2n) is 7.13. The van der Waals surface area contributed by atoms with Crippen molar-refractivity contribution in [2.24, 2.45) is 0 Å². The van der Waals surface area contributed by atoms with E-state index in [1.54, 1.807) is 66.7 Å². The minimum atomic E-state index is -0.475. The zero-order valence-electron chi connectivity index (χ0n) is 18.4. The lowest BCUT2D eigenvalue weighted by molar-refractivity contribution is 0.0999. The Labute approximate surface area is 191 Å². The molecule has 33 heavy (non-hydrogen) atoms. The molecule has 0 radical (unpaired) electrons. The maximum absolute atomic E-state index is 13.0. The summed E-state index contributed by atoms with van der Waals surface area (Å²) in [6.07, 6.45) is 0. The molecule has 7 heteroatoms. The minimum Gasteiger partial charge on any atom is -0.494 e. The highest BCUT2D eigenvalue weighted by Crippen LogP contribution is 2.32. The van der Waals surface area contributed by atoms with Gasteiger partial charge in [0.1, 0.15) is 22.8 Å². The van der Waals surface area contributed by atoms with Gasteiger partial charge < -0.3 is 24.5 Å². The Kier molecular flexibility index (Phi) is 6.59. The standard InChI is InChI=1S/C26H24N2O5/c1-3-31-19-13-9-17(10-14-19)25(29)28-23-21-7-5-6-8-22(21)33-24(23)26(30)27-18-11-15-20(16-12-18)32-4-2/h5-16H,3-4H2,1-2H3,(H,27,30)(H,28,29). The molecule has 1 aromatic heterocycles. The van der Waals surface area contributed by atoms with E-state index in [9.17, 15) is 9.59 Å². The van der Waals surface area contributed by atoms with Crippen LogP contribution in [0.4, 0.5) is 11.4 Å². The minimum absolute atomic E-state index is 0.0179. The van der Waals surface area contributed by atoms with Crippen molar-refractivity contribution in [3.05, 3.63) is 84.1 Å². The number of fused-ring (bicyclic) bond motifs is 1. The zero-order valence-corrected chi connectivity index (χ0v) is 18.4. The summed E-state index contributed by atoms with van der Waals surface area (Å²) in [5.41, 5.74) is 1.82. The van der Waals surface area contributed by atoms with Crippen LogP contribution in [0.1, 0.15) is 34.8 Å². The van der Waals surface area contributed by atoms with E-state index < -0.39 is 5.91 Å². The Morgan fingerprint density at radius 2 is 1.36 bits per heavy atom. The van der Waals surface area contributed by atoms with E-state index in [-0.39, 0.29) is 11.7 Å². The Bertz CT molecular complexity index is 1260. The van der Waals surface area contributed by atoms with E-state index in [4.69, 9.17) is 13.9 Å².